The number of hydrogen-bond donors (Lipinski definition) is 0. The summed E-state index contributed by atoms with van der Waals surface area (Å²) in [6.45, 7) is 2.74. The topological polar surface area (TPSA) is 85.6 Å². The van der Waals surface area contributed by atoms with E-state index in [-0.39, 0.29) is 11.3 Å². The predicted octanol–water partition coefficient (Wildman–Crippen LogP) is 4.16. The van der Waals surface area contributed by atoms with E-state index >= 15 is 0 Å². The number of nitriles is 1. The van der Waals surface area contributed by atoms with Gasteiger partial charge in [0.1, 0.15) is 23.1 Å². The van der Waals surface area contributed by atoms with Gasteiger partial charge in [-0.25, -0.2) is 9.59 Å². The molecule has 0 heterocycles. The lowest BCUT2D eigenvalue weighted by Crippen LogP contribution is -2.10. The van der Waals surface area contributed by atoms with Gasteiger partial charge in [-0.2, -0.15) is 5.26 Å². The Hall–Kier alpha value is -3.59. The van der Waals surface area contributed by atoms with Crippen LogP contribution in [0.1, 0.15) is 35.7 Å². The van der Waals surface area contributed by atoms with Crippen LogP contribution in [0.25, 0.3) is 6.08 Å². The predicted molar refractivity (Wildman–Crippen MR) is 104 cm³/mol. The summed E-state index contributed by atoms with van der Waals surface area (Å²) in [7, 11) is 1.28. The van der Waals surface area contributed by atoms with Crippen molar-refractivity contribution in [3.63, 3.8) is 0 Å². The SMILES string of the molecule is CCCCOc1ccc(/C=C(/C#N)C(=O)Oc2ccc(C(=O)OC)cc2)cc1. The van der Waals surface area contributed by atoms with E-state index in [1.807, 2.05) is 6.07 Å². The van der Waals surface area contributed by atoms with Crippen LogP contribution in [0.3, 0.4) is 0 Å². The van der Waals surface area contributed by atoms with Crippen molar-refractivity contribution in [2.24, 2.45) is 0 Å². The summed E-state index contributed by atoms with van der Waals surface area (Å²) in [6.07, 6.45) is 3.48. The molecule has 0 unspecified atom stereocenters. The maximum atomic E-state index is 12.2. The maximum Gasteiger partial charge on any atom is 0.354 e. The highest BCUT2D eigenvalue weighted by Crippen LogP contribution is 2.17. The summed E-state index contributed by atoms with van der Waals surface area (Å²) in [5.41, 5.74) is 0.869. The molecule has 0 aromatic heterocycles. The number of ether oxygens (including phenoxy) is 3. The second-order valence-corrected chi connectivity index (χ2v) is 5.85. The summed E-state index contributed by atoms with van der Waals surface area (Å²) in [5.74, 6) is -0.315. The van der Waals surface area contributed by atoms with Crippen molar-refractivity contribution in [2.75, 3.05) is 13.7 Å². The fourth-order valence-electron chi connectivity index (χ4n) is 2.24. The molecule has 0 aliphatic carbocycles. The van der Waals surface area contributed by atoms with E-state index in [0.717, 1.165) is 18.6 Å². The average Bonchev–Trinajstić information content (AvgIpc) is 2.73. The van der Waals surface area contributed by atoms with Gasteiger partial charge in [-0.1, -0.05) is 25.5 Å². The van der Waals surface area contributed by atoms with Gasteiger partial charge in [-0.05, 0) is 54.5 Å². The average molecular weight is 379 g/mol. The van der Waals surface area contributed by atoms with Crippen molar-refractivity contribution < 1.29 is 23.8 Å². The zero-order valence-corrected chi connectivity index (χ0v) is 15.8. The van der Waals surface area contributed by atoms with Gasteiger partial charge in [-0.3, -0.25) is 0 Å². The van der Waals surface area contributed by atoms with E-state index in [1.54, 1.807) is 24.3 Å². The van der Waals surface area contributed by atoms with Gasteiger partial charge < -0.3 is 14.2 Å². The minimum Gasteiger partial charge on any atom is -0.494 e. The molecule has 0 spiro atoms. The number of unbranched alkanes of at least 4 members (excludes halogenated alkanes) is 1. The van der Waals surface area contributed by atoms with Crippen LogP contribution in [0.4, 0.5) is 0 Å². The van der Waals surface area contributed by atoms with Gasteiger partial charge in [0.15, 0.2) is 0 Å². The molecule has 0 aliphatic heterocycles. The van der Waals surface area contributed by atoms with E-state index in [9.17, 15) is 14.9 Å². The fraction of sp³-hybridized carbons (Fsp3) is 0.227. The van der Waals surface area contributed by atoms with Gasteiger partial charge in [-0.15, -0.1) is 0 Å². The third-order valence-electron chi connectivity index (χ3n) is 3.78. The van der Waals surface area contributed by atoms with Crippen LogP contribution in [-0.2, 0) is 9.53 Å². The molecule has 0 saturated heterocycles. The highest BCUT2D eigenvalue weighted by atomic mass is 16.5. The number of rotatable bonds is 8. The normalized spacial score (nSPS) is 10.7. The summed E-state index contributed by atoms with van der Waals surface area (Å²) in [5, 5.41) is 9.28. The van der Waals surface area contributed by atoms with E-state index in [0.29, 0.717) is 17.7 Å². The number of esters is 2. The van der Waals surface area contributed by atoms with Crippen molar-refractivity contribution in [1.29, 1.82) is 5.26 Å². The van der Waals surface area contributed by atoms with E-state index in [1.165, 1.54) is 37.5 Å². The molecule has 0 aliphatic rings. The summed E-state index contributed by atoms with van der Waals surface area (Å²) in [4.78, 5) is 23.6. The van der Waals surface area contributed by atoms with Crippen molar-refractivity contribution >= 4 is 18.0 Å². The number of benzene rings is 2. The van der Waals surface area contributed by atoms with Gasteiger partial charge >= 0.3 is 11.9 Å². The third kappa shape index (κ3) is 5.99. The quantitative estimate of drug-likeness (QED) is 0.225. The highest BCUT2D eigenvalue weighted by Gasteiger charge is 2.13. The van der Waals surface area contributed by atoms with Crippen LogP contribution in [0, 0.1) is 11.3 Å². The number of methoxy groups -OCH3 is 1. The van der Waals surface area contributed by atoms with Gasteiger partial charge in [0.25, 0.3) is 0 Å². The second kappa shape index (κ2) is 10.5. The molecule has 0 saturated carbocycles. The zero-order valence-electron chi connectivity index (χ0n) is 15.8. The molecule has 6 nitrogen and oxygen atoms in total. The molecule has 144 valence electrons. The number of carbonyl (C=O) groups excluding carboxylic acids is 2. The fourth-order valence-corrected chi connectivity index (χ4v) is 2.24. The molecule has 0 amide bonds. The lowest BCUT2D eigenvalue weighted by atomic mass is 10.1. The van der Waals surface area contributed by atoms with Gasteiger partial charge in [0, 0.05) is 0 Å². The highest BCUT2D eigenvalue weighted by molar-refractivity contribution is 5.99. The Kier molecular flexibility index (Phi) is 7.79. The molecular weight excluding hydrogens is 358 g/mol. The molecule has 2 aromatic rings. The van der Waals surface area contributed by atoms with Gasteiger partial charge in [0.05, 0.1) is 19.3 Å². The summed E-state index contributed by atoms with van der Waals surface area (Å²) < 4.78 is 15.4. The molecule has 0 bridgehead atoms. The largest absolute Gasteiger partial charge is 0.494 e. The molecule has 28 heavy (non-hydrogen) atoms. The summed E-state index contributed by atoms with van der Waals surface area (Å²) >= 11 is 0. The minimum absolute atomic E-state index is 0.142. The second-order valence-electron chi connectivity index (χ2n) is 5.85. The first kappa shape index (κ1) is 20.7. The van der Waals surface area contributed by atoms with E-state index < -0.39 is 11.9 Å². The van der Waals surface area contributed by atoms with Crippen molar-refractivity contribution in [2.45, 2.75) is 19.8 Å². The third-order valence-corrected chi connectivity index (χ3v) is 3.78. The lowest BCUT2D eigenvalue weighted by Gasteiger charge is -2.06. The van der Waals surface area contributed by atoms with Crippen molar-refractivity contribution in [3.8, 4) is 17.6 Å². The van der Waals surface area contributed by atoms with Crippen LogP contribution in [0.5, 0.6) is 11.5 Å². The Morgan fingerprint density at radius 3 is 2.25 bits per heavy atom. The Balaban J connectivity index is 2.04. The zero-order chi connectivity index (χ0) is 20.4. The number of nitrogens with zero attached hydrogens (tertiary/aromatic N) is 1. The standard InChI is InChI=1S/C22H21NO5/c1-3-4-13-27-19-9-5-16(6-10-19)14-18(15-23)22(25)28-20-11-7-17(8-12-20)21(24)26-2/h5-12,14H,3-4,13H2,1-2H3/b18-14-. The molecule has 0 atom stereocenters. The van der Waals surface area contributed by atoms with Crippen molar-refractivity contribution in [1.82, 2.24) is 0 Å². The first-order valence-electron chi connectivity index (χ1n) is 8.82. The number of carbonyl (C=O) groups is 2. The van der Waals surface area contributed by atoms with Crippen LogP contribution in [-0.4, -0.2) is 25.7 Å². The molecule has 0 N–H and O–H groups in total. The molecule has 0 radical (unpaired) electrons. The first-order valence-corrected chi connectivity index (χ1v) is 8.82. The van der Waals surface area contributed by atoms with E-state index in [4.69, 9.17) is 9.47 Å². The Labute approximate surface area is 164 Å². The molecular formula is C22H21NO5. The van der Waals surface area contributed by atoms with Crippen LogP contribution < -0.4 is 9.47 Å². The van der Waals surface area contributed by atoms with Crippen molar-refractivity contribution in [3.05, 3.63) is 65.2 Å². The summed E-state index contributed by atoms with van der Waals surface area (Å²) in [6, 6.07) is 14.8. The monoisotopic (exact) mass is 379 g/mol. The molecule has 2 rings (SSSR count). The maximum absolute atomic E-state index is 12.2. The number of hydrogen-bond acceptors (Lipinski definition) is 6. The Bertz CT molecular complexity index is 877. The molecule has 6 heteroatoms. The van der Waals surface area contributed by atoms with Crippen LogP contribution >= 0.6 is 0 Å². The first-order chi connectivity index (χ1) is 13.6. The van der Waals surface area contributed by atoms with Crippen LogP contribution in [0.15, 0.2) is 54.1 Å². The van der Waals surface area contributed by atoms with E-state index in [2.05, 4.69) is 11.7 Å². The minimum atomic E-state index is -0.781. The van der Waals surface area contributed by atoms with Crippen LogP contribution in [0.2, 0.25) is 0 Å². The van der Waals surface area contributed by atoms with Gasteiger partial charge in [0.2, 0.25) is 0 Å². The Morgan fingerprint density at radius 2 is 1.68 bits per heavy atom. The molecule has 2 aromatic carbocycles. The lowest BCUT2D eigenvalue weighted by molar-refractivity contribution is -0.129. The smallest absolute Gasteiger partial charge is 0.354 e. The molecule has 0 fully saturated rings. The Morgan fingerprint density at radius 1 is 1.04 bits per heavy atom.